The van der Waals surface area contributed by atoms with Crippen molar-refractivity contribution >= 4 is 22.8 Å². The number of hydrogen-bond donors (Lipinski definition) is 1. The van der Waals surface area contributed by atoms with E-state index in [-0.39, 0.29) is 11.9 Å². The van der Waals surface area contributed by atoms with Gasteiger partial charge < -0.3 is 9.88 Å². The van der Waals surface area contributed by atoms with Crippen molar-refractivity contribution in [3.8, 4) is 0 Å². The van der Waals surface area contributed by atoms with Crippen molar-refractivity contribution in [1.29, 1.82) is 0 Å². The van der Waals surface area contributed by atoms with E-state index in [1.54, 1.807) is 18.6 Å². The van der Waals surface area contributed by atoms with E-state index >= 15 is 0 Å². The van der Waals surface area contributed by atoms with E-state index in [1.807, 2.05) is 47.9 Å². The topological polar surface area (TPSA) is 59.8 Å². The molecule has 5 nitrogen and oxygen atoms in total. The fraction of sp³-hybridized carbons (Fsp3) is 0.133. The highest BCUT2D eigenvalue weighted by Crippen LogP contribution is 2.18. The smallest absolute Gasteiger partial charge is 0.248 e. The summed E-state index contributed by atoms with van der Waals surface area (Å²) in [4.78, 5) is 20.6. The van der Waals surface area contributed by atoms with Crippen LogP contribution in [0.15, 0.2) is 55.0 Å². The molecule has 3 aromatic rings. The zero-order chi connectivity index (χ0) is 13.9. The van der Waals surface area contributed by atoms with Gasteiger partial charge in [-0.15, -0.1) is 0 Å². The molecule has 3 rings (SSSR count). The number of aromatic nitrogens is 3. The molecule has 0 spiro atoms. The molecule has 1 aromatic carbocycles. The van der Waals surface area contributed by atoms with Crippen LogP contribution < -0.4 is 5.32 Å². The third kappa shape index (κ3) is 2.25. The first kappa shape index (κ1) is 12.3. The average molecular weight is 266 g/mol. The highest BCUT2D eigenvalue weighted by molar-refractivity contribution is 5.93. The number of para-hydroxylation sites is 2. The maximum Gasteiger partial charge on any atom is 0.248 e. The molecule has 0 radical (unpaired) electrons. The molecule has 1 amide bonds. The maximum absolute atomic E-state index is 12.3. The summed E-state index contributed by atoms with van der Waals surface area (Å²) in [7, 11) is 0. The second kappa shape index (κ2) is 5.13. The Balaban J connectivity index is 1.85. The first-order valence-corrected chi connectivity index (χ1v) is 6.39. The third-order valence-corrected chi connectivity index (χ3v) is 3.19. The van der Waals surface area contributed by atoms with Crippen LogP contribution in [-0.2, 0) is 4.79 Å². The lowest BCUT2D eigenvalue weighted by molar-refractivity contribution is -0.118. The largest absolute Gasteiger partial charge is 0.318 e. The molecule has 2 aromatic heterocycles. The van der Waals surface area contributed by atoms with Gasteiger partial charge in [0.05, 0.1) is 17.4 Å². The van der Waals surface area contributed by atoms with Crippen LogP contribution in [0.25, 0.3) is 11.0 Å². The molecule has 100 valence electrons. The summed E-state index contributed by atoms with van der Waals surface area (Å²) < 4.78 is 1.85. The van der Waals surface area contributed by atoms with Crippen molar-refractivity contribution in [1.82, 2.24) is 14.5 Å². The van der Waals surface area contributed by atoms with Crippen molar-refractivity contribution < 1.29 is 4.79 Å². The van der Waals surface area contributed by atoms with Crippen molar-refractivity contribution in [2.45, 2.75) is 13.0 Å². The zero-order valence-electron chi connectivity index (χ0n) is 11.0. The molecule has 0 saturated heterocycles. The van der Waals surface area contributed by atoms with Crippen LogP contribution in [-0.4, -0.2) is 20.4 Å². The van der Waals surface area contributed by atoms with Gasteiger partial charge in [-0.05, 0) is 31.2 Å². The lowest BCUT2D eigenvalue weighted by Gasteiger charge is -2.14. The Kier molecular flexibility index (Phi) is 3.16. The number of nitrogens with zero attached hydrogens (tertiary/aromatic N) is 3. The molecular weight excluding hydrogens is 252 g/mol. The molecular formula is C15H14N4O. The van der Waals surface area contributed by atoms with Crippen LogP contribution in [0.1, 0.15) is 13.0 Å². The molecule has 5 heteroatoms. The van der Waals surface area contributed by atoms with Gasteiger partial charge in [-0.1, -0.05) is 18.2 Å². The Morgan fingerprint density at radius 1 is 1.15 bits per heavy atom. The summed E-state index contributed by atoms with van der Waals surface area (Å²) in [5.41, 5.74) is 1.82. The van der Waals surface area contributed by atoms with E-state index in [4.69, 9.17) is 0 Å². The van der Waals surface area contributed by atoms with Gasteiger partial charge in [0.15, 0.2) is 0 Å². The molecule has 20 heavy (non-hydrogen) atoms. The van der Waals surface area contributed by atoms with Crippen LogP contribution >= 0.6 is 0 Å². The number of imidazole rings is 1. The van der Waals surface area contributed by atoms with Crippen LogP contribution in [0, 0.1) is 0 Å². The number of fused-ring (bicyclic) bond motifs is 1. The van der Waals surface area contributed by atoms with Crippen LogP contribution in [0.2, 0.25) is 0 Å². The number of amides is 1. The van der Waals surface area contributed by atoms with Gasteiger partial charge >= 0.3 is 0 Å². The zero-order valence-corrected chi connectivity index (χ0v) is 11.0. The highest BCUT2D eigenvalue weighted by Gasteiger charge is 2.17. The Labute approximate surface area is 116 Å². The fourth-order valence-corrected chi connectivity index (χ4v) is 2.08. The number of anilines is 1. The van der Waals surface area contributed by atoms with Gasteiger partial charge in [-0.2, -0.15) is 0 Å². The Hall–Kier alpha value is -2.69. The van der Waals surface area contributed by atoms with Gasteiger partial charge in [0, 0.05) is 6.20 Å². The van der Waals surface area contributed by atoms with E-state index in [2.05, 4.69) is 15.3 Å². The van der Waals surface area contributed by atoms with Crippen molar-refractivity contribution in [2.75, 3.05) is 5.32 Å². The number of nitrogens with one attached hydrogen (secondary N) is 1. The summed E-state index contributed by atoms with van der Waals surface area (Å²) in [6, 6.07) is 12.8. The quantitative estimate of drug-likeness (QED) is 0.792. The van der Waals surface area contributed by atoms with Gasteiger partial charge in [-0.3, -0.25) is 4.79 Å². The summed E-state index contributed by atoms with van der Waals surface area (Å²) in [5.74, 6) is 0.431. The molecule has 0 fully saturated rings. The minimum atomic E-state index is -0.357. The minimum Gasteiger partial charge on any atom is -0.318 e. The Bertz CT molecular complexity index is 736. The van der Waals surface area contributed by atoms with E-state index in [1.165, 1.54) is 0 Å². The molecule has 0 aliphatic rings. The summed E-state index contributed by atoms with van der Waals surface area (Å²) in [6.45, 7) is 1.84. The molecule has 0 aliphatic heterocycles. The number of benzene rings is 1. The SMILES string of the molecule is CC(C(=O)Nc1ccccn1)n1cnc2ccccc21. The molecule has 1 N–H and O–H groups in total. The van der Waals surface area contributed by atoms with Gasteiger partial charge in [-0.25, -0.2) is 9.97 Å². The van der Waals surface area contributed by atoms with Crippen molar-refractivity contribution in [2.24, 2.45) is 0 Å². The summed E-state index contributed by atoms with van der Waals surface area (Å²) >= 11 is 0. The predicted octanol–water partition coefficient (Wildman–Crippen LogP) is 2.63. The normalized spacial score (nSPS) is 12.2. The van der Waals surface area contributed by atoms with E-state index in [9.17, 15) is 4.79 Å². The highest BCUT2D eigenvalue weighted by atomic mass is 16.2. The summed E-state index contributed by atoms with van der Waals surface area (Å²) in [5, 5.41) is 2.80. The lowest BCUT2D eigenvalue weighted by Crippen LogP contribution is -2.23. The molecule has 0 bridgehead atoms. The van der Waals surface area contributed by atoms with Crippen LogP contribution in [0.3, 0.4) is 0 Å². The van der Waals surface area contributed by atoms with Gasteiger partial charge in [0.1, 0.15) is 11.9 Å². The molecule has 0 aliphatic carbocycles. The lowest BCUT2D eigenvalue weighted by atomic mass is 10.2. The minimum absolute atomic E-state index is 0.119. The number of pyridine rings is 1. The monoisotopic (exact) mass is 266 g/mol. The first-order chi connectivity index (χ1) is 9.75. The second-order valence-electron chi connectivity index (χ2n) is 4.52. The number of carbonyl (C=O) groups excluding carboxylic acids is 1. The van der Waals surface area contributed by atoms with Crippen LogP contribution in [0.4, 0.5) is 5.82 Å². The maximum atomic E-state index is 12.3. The molecule has 2 heterocycles. The fourth-order valence-electron chi connectivity index (χ4n) is 2.08. The average Bonchev–Trinajstić information content (AvgIpc) is 2.91. The van der Waals surface area contributed by atoms with Crippen molar-refractivity contribution in [3.63, 3.8) is 0 Å². The van der Waals surface area contributed by atoms with E-state index < -0.39 is 0 Å². The van der Waals surface area contributed by atoms with Crippen LogP contribution in [0.5, 0.6) is 0 Å². The molecule has 1 unspecified atom stereocenters. The molecule has 1 atom stereocenters. The molecule has 0 saturated carbocycles. The summed E-state index contributed by atoms with van der Waals surface area (Å²) in [6.07, 6.45) is 3.33. The Morgan fingerprint density at radius 3 is 2.75 bits per heavy atom. The van der Waals surface area contributed by atoms with Crippen molar-refractivity contribution in [3.05, 3.63) is 55.0 Å². The number of rotatable bonds is 3. The standard InChI is InChI=1S/C15H14N4O/c1-11(15(20)18-14-8-4-5-9-16-14)19-10-17-12-6-2-3-7-13(12)19/h2-11H,1H3,(H,16,18,20). The predicted molar refractivity (Wildman–Crippen MR) is 77.3 cm³/mol. The van der Waals surface area contributed by atoms with Gasteiger partial charge in [0.25, 0.3) is 0 Å². The third-order valence-electron chi connectivity index (χ3n) is 3.19. The van der Waals surface area contributed by atoms with E-state index in [0.717, 1.165) is 11.0 Å². The first-order valence-electron chi connectivity index (χ1n) is 6.39. The Morgan fingerprint density at radius 2 is 1.95 bits per heavy atom. The van der Waals surface area contributed by atoms with Gasteiger partial charge in [0.2, 0.25) is 5.91 Å². The number of hydrogen-bond acceptors (Lipinski definition) is 3. The van der Waals surface area contributed by atoms with E-state index in [0.29, 0.717) is 5.82 Å². The number of carbonyl (C=O) groups is 1. The second-order valence-corrected chi connectivity index (χ2v) is 4.52.